The summed E-state index contributed by atoms with van der Waals surface area (Å²) in [5.41, 5.74) is -0.0614. The third kappa shape index (κ3) is 3.72. The number of hydrogen-bond donors (Lipinski definition) is 1. The molecule has 1 aromatic heterocycles. The Bertz CT molecular complexity index is 912. The molecule has 2 aromatic carbocycles. The van der Waals surface area contributed by atoms with Gasteiger partial charge in [0, 0.05) is 11.1 Å². The quantitative estimate of drug-likeness (QED) is 0.770. The van der Waals surface area contributed by atoms with Crippen LogP contribution in [0.1, 0.15) is 0 Å². The van der Waals surface area contributed by atoms with Gasteiger partial charge in [-0.2, -0.15) is 0 Å². The molecule has 0 saturated carbocycles. The molecule has 0 spiro atoms. The first-order valence-corrected chi connectivity index (χ1v) is 7.62. The van der Waals surface area contributed by atoms with Crippen LogP contribution in [0.25, 0.3) is 10.9 Å². The average Bonchev–Trinajstić information content (AvgIpc) is 2.57. The van der Waals surface area contributed by atoms with Crippen molar-refractivity contribution in [3.8, 4) is 5.75 Å². The van der Waals surface area contributed by atoms with E-state index in [1.807, 2.05) is 0 Å². The summed E-state index contributed by atoms with van der Waals surface area (Å²) in [5, 5.41) is 10.9. The van der Waals surface area contributed by atoms with E-state index in [1.165, 1.54) is 29.1 Å². The SMILES string of the molecule is O=c1c2ccc(F)cc2ncn1C[C@@H](O)COc1ccc(Cl)cc1. The van der Waals surface area contributed by atoms with E-state index in [9.17, 15) is 14.3 Å². The molecule has 3 aromatic rings. The smallest absolute Gasteiger partial charge is 0.261 e. The summed E-state index contributed by atoms with van der Waals surface area (Å²) in [4.78, 5) is 16.4. The van der Waals surface area contributed by atoms with Crippen LogP contribution < -0.4 is 10.3 Å². The van der Waals surface area contributed by atoms with Crippen molar-refractivity contribution in [1.82, 2.24) is 9.55 Å². The Morgan fingerprint density at radius 3 is 2.75 bits per heavy atom. The second-order valence-corrected chi connectivity index (χ2v) is 5.72. The van der Waals surface area contributed by atoms with Crippen LogP contribution in [-0.4, -0.2) is 27.4 Å². The first-order chi connectivity index (χ1) is 11.5. The Hall–Kier alpha value is -2.44. The fraction of sp³-hybridized carbons (Fsp3) is 0.176. The molecule has 1 heterocycles. The molecular weight excluding hydrogens is 335 g/mol. The minimum absolute atomic E-state index is 0.00945. The molecule has 1 atom stereocenters. The molecule has 124 valence electrons. The van der Waals surface area contributed by atoms with Gasteiger partial charge in [-0.25, -0.2) is 9.37 Å². The van der Waals surface area contributed by atoms with Gasteiger partial charge in [0.15, 0.2) is 0 Å². The number of hydrogen-bond acceptors (Lipinski definition) is 4. The third-order valence-electron chi connectivity index (χ3n) is 3.45. The lowest BCUT2D eigenvalue weighted by molar-refractivity contribution is 0.0915. The van der Waals surface area contributed by atoms with Gasteiger partial charge in [-0.05, 0) is 36.4 Å². The van der Waals surface area contributed by atoms with E-state index < -0.39 is 11.9 Å². The molecule has 0 radical (unpaired) electrons. The van der Waals surface area contributed by atoms with Gasteiger partial charge in [-0.1, -0.05) is 11.6 Å². The fourth-order valence-corrected chi connectivity index (χ4v) is 2.39. The predicted molar refractivity (Wildman–Crippen MR) is 88.9 cm³/mol. The number of benzene rings is 2. The zero-order valence-corrected chi connectivity index (χ0v) is 13.3. The maximum absolute atomic E-state index is 13.2. The highest BCUT2D eigenvalue weighted by molar-refractivity contribution is 6.30. The molecule has 0 aliphatic heterocycles. The highest BCUT2D eigenvalue weighted by Crippen LogP contribution is 2.15. The van der Waals surface area contributed by atoms with Crippen LogP contribution in [0.15, 0.2) is 53.6 Å². The Morgan fingerprint density at radius 1 is 1.25 bits per heavy atom. The molecule has 5 nitrogen and oxygen atoms in total. The summed E-state index contributed by atoms with van der Waals surface area (Å²) in [7, 11) is 0. The predicted octanol–water partition coefficient (Wildman–Crippen LogP) is 2.63. The number of nitrogens with zero attached hydrogens (tertiary/aromatic N) is 2. The summed E-state index contributed by atoms with van der Waals surface area (Å²) >= 11 is 5.78. The molecule has 1 N–H and O–H groups in total. The van der Waals surface area contributed by atoms with Crippen molar-refractivity contribution in [2.45, 2.75) is 12.6 Å². The standard InChI is InChI=1S/C17H14ClFN2O3/c18-11-1-4-14(5-2-11)24-9-13(22)8-21-10-20-16-7-12(19)3-6-15(16)17(21)23/h1-7,10,13,22H,8-9H2/t13-/m1/s1. The van der Waals surface area contributed by atoms with Gasteiger partial charge in [0.2, 0.25) is 0 Å². The van der Waals surface area contributed by atoms with Crippen molar-refractivity contribution in [3.63, 3.8) is 0 Å². The Balaban J connectivity index is 1.70. The van der Waals surface area contributed by atoms with E-state index in [0.717, 1.165) is 0 Å². The Kier molecular flexibility index (Phi) is 4.78. The van der Waals surface area contributed by atoms with Crippen molar-refractivity contribution < 1.29 is 14.2 Å². The van der Waals surface area contributed by atoms with E-state index in [0.29, 0.717) is 16.2 Å². The minimum Gasteiger partial charge on any atom is -0.491 e. The third-order valence-corrected chi connectivity index (χ3v) is 3.70. The number of ether oxygens (including phenoxy) is 1. The van der Waals surface area contributed by atoms with Gasteiger partial charge in [-0.15, -0.1) is 0 Å². The van der Waals surface area contributed by atoms with E-state index in [2.05, 4.69) is 4.98 Å². The Morgan fingerprint density at radius 2 is 2.00 bits per heavy atom. The summed E-state index contributed by atoms with van der Waals surface area (Å²) in [6.45, 7) is 0.0300. The number of rotatable bonds is 5. The molecule has 7 heteroatoms. The van der Waals surface area contributed by atoms with Crippen molar-refractivity contribution in [2.24, 2.45) is 0 Å². The van der Waals surface area contributed by atoms with Gasteiger partial charge in [0.05, 0.1) is 23.8 Å². The molecule has 0 saturated heterocycles. The van der Waals surface area contributed by atoms with Crippen molar-refractivity contribution in [3.05, 3.63) is 70.0 Å². The lowest BCUT2D eigenvalue weighted by atomic mass is 10.2. The lowest BCUT2D eigenvalue weighted by Crippen LogP contribution is -2.30. The highest BCUT2D eigenvalue weighted by Gasteiger charge is 2.10. The fourth-order valence-electron chi connectivity index (χ4n) is 2.26. The number of aliphatic hydroxyl groups is 1. The van der Waals surface area contributed by atoms with Crippen LogP contribution in [0.2, 0.25) is 5.02 Å². The second-order valence-electron chi connectivity index (χ2n) is 5.28. The first-order valence-electron chi connectivity index (χ1n) is 7.24. The van der Waals surface area contributed by atoms with Gasteiger partial charge in [0.25, 0.3) is 5.56 Å². The van der Waals surface area contributed by atoms with Gasteiger partial charge in [-0.3, -0.25) is 9.36 Å². The van der Waals surface area contributed by atoms with Crippen molar-refractivity contribution in [2.75, 3.05) is 6.61 Å². The molecule has 0 bridgehead atoms. The lowest BCUT2D eigenvalue weighted by Gasteiger charge is -2.14. The maximum atomic E-state index is 13.2. The van der Waals surface area contributed by atoms with Crippen LogP contribution >= 0.6 is 11.6 Å². The molecule has 0 fully saturated rings. The number of aliphatic hydroxyl groups excluding tert-OH is 1. The number of aromatic nitrogens is 2. The number of halogens is 2. The summed E-state index contributed by atoms with van der Waals surface area (Å²) in [5.74, 6) is 0.112. The van der Waals surface area contributed by atoms with Crippen LogP contribution in [0.3, 0.4) is 0 Å². The molecular formula is C17H14ClFN2O3. The topological polar surface area (TPSA) is 64.4 Å². The molecule has 0 amide bonds. The highest BCUT2D eigenvalue weighted by atomic mass is 35.5. The van der Waals surface area contributed by atoms with Gasteiger partial charge in [0.1, 0.15) is 24.3 Å². The second kappa shape index (κ2) is 6.98. The van der Waals surface area contributed by atoms with Crippen LogP contribution in [0.5, 0.6) is 5.75 Å². The normalized spacial score (nSPS) is 12.3. The van der Waals surface area contributed by atoms with Crippen LogP contribution in [-0.2, 0) is 6.54 Å². The van der Waals surface area contributed by atoms with E-state index in [-0.39, 0.29) is 24.2 Å². The zero-order valence-electron chi connectivity index (χ0n) is 12.5. The monoisotopic (exact) mass is 348 g/mol. The van der Waals surface area contributed by atoms with Gasteiger partial charge < -0.3 is 9.84 Å². The summed E-state index contributed by atoms with van der Waals surface area (Å²) in [6, 6.07) is 10.5. The summed E-state index contributed by atoms with van der Waals surface area (Å²) in [6.07, 6.45) is 0.383. The Labute approximate surface area is 141 Å². The summed E-state index contributed by atoms with van der Waals surface area (Å²) < 4.78 is 19.9. The largest absolute Gasteiger partial charge is 0.491 e. The van der Waals surface area contributed by atoms with Crippen LogP contribution in [0, 0.1) is 5.82 Å². The average molecular weight is 349 g/mol. The molecule has 3 rings (SSSR count). The molecule has 24 heavy (non-hydrogen) atoms. The van der Waals surface area contributed by atoms with Crippen molar-refractivity contribution >= 4 is 22.5 Å². The molecule has 0 aliphatic rings. The van der Waals surface area contributed by atoms with E-state index in [1.54, 1.807) is 24.3 Å². The zero-order chi connectivity index (χ0) is 17.1. The molecule has 0 unspecified atom stereocenters. The van der Waals surface area contributed by atoms with Gasteiger partial charge >= 0.3 is 0 Å². The van der Waals surface area contributed by atoms with E-state index >= 15 is 0 Å². The maximum Gasteiger partial charge on any atom is 0.261 e. The van der Waals surface area contributed by atoms with Crippen molar-refractivity contribution in [1.29, 1.82) is 0 Å². The van der Waals surface area contributed by atoms with E-state index in [4.69, 9.17) is 16.3 Å². The molecule has 0 aliphatic carbocycles. The van der Waals surface area contributed by atoms with Crippen LogP contribution in [0.4, 0.5) is 4.39 Å². The first kappa shape index (κ1) is 16.4. The number of fused-ring (bicyclic) bond motifs is 1. The minimum atomic E-state index is -0.905.